The van der Waals surface area contributed by atoms with E-state index >= 15 is 0 Å². The summed E-state index contributed by atoms with van der Waals surface area (Å²) >= 11 is 0. The molecule has 28 heavy (non-hydrogen) atoms. The summed E-state index contributed by atoms with van der Waals surface area (Å²) in [6.45, 7) is 3.04. The zero-order valence-electron chi connectivity index (χ0n) is 15.7. The minimum Gasteiger partial charge on any atom is -0.482 e. The van der Waals surface area contributed by atoms with Crippen LogP contribution in [0.2, 0.25) is 0 Å². The SMILES string of the molecule is CC1Oc2ccccc2OC1C(=O)N1CCN(C)c2nc3ccccc3nc21. The molecular weight excluding hydrogens is 356 g/mol. The highest BCUT2D eigenvalue weighted by Gasteiger charge is 2.40. The van der Waals surface area contributed by atoms with E-state index in [2.05, 4.69) is 0 Å². The molecule has 0 fully saturated rings. The van der Waals surface area contributed by atoms with Crippen LogP contribution in [-0.2, 0) is 4.79 Å². The van der Waals surface area contributed by atoms with Crippen LogP contribution in [0.5, 0.6) is 11.5 Å². The topological polar surface area (TPSA) is 67.8 Å². The van der Waals surface area contributed by atoms with Gasteiger partial charge < -0.3 is 14.4 Å². The van der Waals surface area contributed by atoms with Gasteiger partial charge in [-0.3, -0.25) is 9.69 Å². The molecule has 0 spiro atoms. The second-order valence-corrected chi connectivity index (χ2v) is 7.08. The number of likely N-dealkylation sites (N-methyl/N-ethyl adjacent to an activating group) is 1. The Labute approximate surface area is 162 Å². The summed E-state index contributed by atoms with van der Waals surface area (Å²) < 4.78 is 11.9. The number of carbonyl (C=O) groups excluding carboxylic acids is 1. The molecule has 0 saturated carbocycles. The molecule has 1 aromatic heterocycles. The number of ether oxygens (including phenoxy) is 2. The number of amides is 1. The van der Waals surface area contributed by atoms with Crippen molar-refractivity contribution in [2.75, 3.05) is 29.9 Å². The molecule has 2 aliphatic heterocycles. The largest absolute Gasteiger partial charge is 0.482 e. The van der Waals surface area contributed by atoms with E-state index in [9.17, 15) is 4.79 Å². The summed E-state index contributed by atoms with van der Waals surface area (Å²) in [4.78, 5) is 26.6. The predicted molar refractivity (Wildman–Crippen MR) is 106 cm³/mol. The fourth-order valence-electron chi connectivity index (χ4n) is 3.64. The van der Waals surface area contributed by atoms with Crippen molar-refractivity contribution in [1.82, 2.24) is 9.97 Å². The number of hydrogen-bond donors (Lipinski definition) is 0. The molecule has 5 rings (SSSR count). The first-order valence-corrected chi connectivity index (χ1v) is 9.33. The Morgan fingerprint density at radius 2 is 1.54 bits per heavy atom. The molecule has 2 aliphatic rings. The molecule has 3 heterocycles. The molecule has 1 amide bonds. The van der Waals surface area contributed by atoms with Crippen molar-refractivity contribution in [3.8, 4) is 11.5 Å². The van der Waals surface area contributed by atoms with E-state index in [1.807, 2.05) is 67.4 Å². The number of carbonyl (C=O) groups is 1. The third kappa shape index (κ3) is 2.62. The molecule has 3 aromatic rings. The van der Waals surface area contributed by atoms with Crippen molar-refractivity contribution in [3.63, 3.8) is 0 Å². The molecule has 0 aliphatic carbocycles. The van der Waals surface area contributed by atoms with Crippen molar-refractivity contribution >= 4 is 28.6 Å². The van der Waals surface area contributed by atoms with Gasteiger partial charge in [-0.05, 0) is 31.2 Å². The molecule has 0 N–H and O–H groups in total. The minimum atomic E-state index is -0.737. The van der Waals surface area contributed by atoms with Crippen molar-refractivity contribution < 1.29 is 14.3 Å². The van der Waals surface area contributed by atoms with Gasteiger partial charge in [0.25, 0.3) is 5.91 Å². The first-order valence-electron chi connectivity index (χ1n) is 9.33. The van der Waals surface area contributed by atoms with Crippen LogP contribution >= 0.6 is 0 Å². The first kappa shape index (κ1) is 16.8. The van der Waals surface area contributed by atoms with Crippen molar-refractivity contribution in [1.29, 1.82) is 0 Å². The average Bonchev–Trinajstić information content (AvgIpc) is 2.72. The van der Waals surface area contributed by atoms with Crippen LogP contribution in [0, 0.1) is 0 Å². The quantitative estimate of drug-likeness (QED) is 0.650. The van der Waals surface area contributed by atoms with Crippen LogP contribution in [0.25, 0.3) is 11.0 Å². The van der Waals surface area contributed by atoms with Gasteiger partial charge in [-0.25, -0.2) is 9.97 Å². The van der Waals surface area contributed by atoms with Gasteiger partial charge in [-0.2, -0.15) is 0 Å². The lowest BCUT2D eigenvalue weighted by Gasteiger charge is -2.38. The molecule has 0 radical (unpaired) electrons. The number of aromatic nitrogens is 2. The van der Waals surface area contributed by atoms with E-state index < -0.39 is 12.2 Å². The number of para-hydroxylation sites is 4. The Morgan fingerprint density at radius 1 is 0.929 bits per heavy atom. The maximum Gasteiger partial charge on any atom is 0.273 e. The Morgan fingerprint density at radius 3 is 2.25 bits per heavy atom. The van der Waals surface area contributed by atoms with Gasteiger partial charge in [0.2, 0.25) is 6.10 Å². The number of anilines is 2. The number of rotatable bonds is 1. The zero-order valence-corrected chi connectivity index (χ0v) is 15.7. The molecule has 2 unspecified atom stereocenters. The van der Waals surface area contributed by atoms with Gasteiger partial charge in [0, 0.05) is 20.1 Å². The third-order valence-corrected chi connectivity index (χ3v) is 5.16. The number of benzene rings is 2. The van der Waals surface area contributed by atoms with Crippen LogP contribution in [0.4, 0.5) is 11.6 Å². The predicted octanol–water partition coefficient (Wildman–Crippen LogP) is 2.64. The fraction of sp³-hybridized carbons (Fsp3) is 0.286. The summed E-state index contributed by atoms with van der Waals surface area (Å²) in [5.74, 6) is 2.33. The van der Waals surface area contributed by atoms with E-state index in [0.717, 1.165) is 11.0 Å². The summed E-state index contributed by atoms with van der Waals surface area (Å²) in [6.07, 6.45) is -1.14. The highest BCUT2D eigenvalue weighted by atomic mass is 16.6. The number of nitrogens with zero attached hydrogens (tertiary/aromatic N) is 4. The molecule has 7 nitrogen and oxygen atoms in total. The molecule has 0 saturated heterocycles. The smallest absolute Gasteiger partial charge is 0.273 e. The minimum absolute atomic E-state index is 0.166. The lowest BCUT2D eigenvalue weighted by Crippen LogP contribution is -2.54. The van der Waals surface area contributed by atoms with Gasteiger partial charge in [-0.1, -0.05) is 24.3 Å². The highest BCUT2D eigenvalue weighted by molar-refractivity contribution is 6.00. The van der Waals surface area contributed by atoms with E-state index in [1.54, 1.807) is 4.90 Å². The van der Waals surface area contributed by atoms with Crippen LogP contribution in [0.15, 0.2) is 48.5 Å². The maximum absolute atomic E-state index is 13.4. The Hall–Kier alpha value is -3.35. The molecule has 2 atom stereocenters. The maximum atomic E-state index is 13.4. The molecule has 7 heteroatoms. The number of hydrogen-bond acceptors (Lipinski definition) is 6. The van der Waals surface area contributed by atoms with Crippen molar-refractivity contribution in [2.24, 2.45) is 0 Å². The fourth-order valence-corrected chi connectivity index (χ4v) is 3.64. The normalized spacial score (nSPS) is 20.8. The Kier molecular flexibility index (Phi) is 3.82. The first-order chi connectivity index (χ1) is 13.6. The Bertz CT molecular complexity index is 1070. The third-order valence-electron chi connectivity index (χ3n) is 5.16. The second-order valence-electron chi connectivity index (χ2n) is 7.08. The van der Waals surface area contributed by atoms with Crippen LogP contribution in [-0.4, -0.2) is 48.2 Å². The average molecular weight is 376 g/mol. The molecule has 2 aromatic carbocycles. The van der Waals surface area contributed by atoms with Crippen LogP contribution in [0.3, 0.4) is 0 Å². The molecular formula is C21H20N4O3. The highest BCUT2D eigenvalue weighted by Crippen LogP contribution is 2.36. The second kappa shape index (κ2) is 6.37. The van der Waals surface area contributed by atoms with Crippen molar-refractivity contribution in [2.45, 2.75) is 19.1 Å². The van der Waals surface area contributed by atoms with Gasteiger partial charge in [-0.15, -0.1) is 0 Å². The summed E-state index contributed by atoms with van der Waals surface area (Å²) in [6, 6.07) is 15.1. The Balaban J connectivity index is 1.53. The summed E-state index contributed by atoms with van der Waals surface area (Å²) in [5.41, 5.74) is 1.57. The number of fused-ring (bicyclic) bond motifs is 3. The molecule has 142 valence electrons. The van der Waals surface area contributed by atoms with E-state index in [-0.39, 0.29) is 5.91 Å². The van der Waals surface area contributed by atoms with Crippen LogP contribution < -0.4 is 19.3 Å². The van der Waals surface area contributed by atoms with Crippen molar-refractivity contribution in [3.05, 3.63) is 48.5 Å². The monoisotopic (exact) mass is 376 g/mol. The van der Waals surface area contributed by atoms with Gasteiger partial charge in [0.05, 0.1) is 11.0 Å². The van der Waals surface area contributed by atoms with Crippen LogP contribution in [0.1, 0.15) is 6.92 Å². The summed E-state index contributed by atoms with van der Waals surface area (Å²) in [7, 11) is 1.96. The van der Waals surface area contributed by atoms with E-state index in [4.69, 9.17) is 19.4 Å². The standard InChI is InChI=1S/C21H20N4O3/c1-13-18(28-17-10-6-5-9-16(17)27-13)21(26)25-12-11-24(2)19-20(25)23-15-8-4-3-7-14(15)22-19/h3-10,13,18H,11-12H2,1-2H3. The van der Waals surface area contributed by atoms with Gasteiger partial charge in [0.15, 0.2) is 23.1 Å². The van der Waals surface area contributed by atoms with E-state index in [1.165, 1.54) is 0 Å². The lowest BCUT2D eigenvalue weighted by atomic mass is 10.1. The zero-order chi connectivity index (χ0) is 19.3. The van der Waals surface area contributed by atoms with Gasteiger partial charge >= 0.3 is 0 Å². The summed E-state index contributed by atoms with van der Waals surface area (Å²) in [5, 5.41) is 0. The van der Waals surface area contributed by atoms with E-state index in [0.29, 0.717) is 36.2 Å². The molecule has 0 bridgehead atoms. The lowest BCUT2D eigenvalue weighted by molar-refractivity contribution is -0.130. The van der Waals surface area contributed by atoms with Gasteiger partial charge in [0.1, 0.15) is 6.10 Å².